The number of hydrogen-bond donors (Lipinski definition) is 0. The van der Waals surface area contributed by atoms with Crippen molar-refractivity contribution in [3.05, 3.63) is 64.5 Å². The third kappa shape index (κ3) is 6.35. The Hall–Kier alpha value is -2.30. The van der Waals surface area contributed by atoms with Crippen LogP contribution >= 0.6 is 0 Å². The molecule has 1 aliphatic heterocycles. The van der Waals surface area contributed by atoms with Crippen molar-refractivity contribution in [2.75, 3.05) is 20.3 Å². The van der Waals surface area contributed by atoms with E-state index in [9.17, 15) is 4.21 Å². The average molecular weight is 435 g/mol. The van der Waals surface area contributed by atoms with Gasteiger partial charge in [0, 0.05) is 17.5 Å². The zero-order valence-electron chi connectivity index (χ0n) is 16.9. The van der Waals surface area contributed by atoms with Crippen molar-refractivity contribution in [3.8, 4) is 11.1 Å². The Balaban J connectivity index is 0.00000320. The number of hydroxylamine groups is 2. The van der Waals surface area contributed by atoms with Crippen molar-refractivity contribution in [1.82, 2.24) is 5.06 Å². The van der Waals surface area contributed by atoms with Gasteiger partial charge in [0.25, 0.3) is 0 Å². The Morgan fingerprint density at radius 2 is 1.80 bits per heavy atom. The van der Waals surface area contributed by atoms with Gasteiger partial charge in [-0.1, -0.05) is 47.1 Å². The van der Waals surface area contributed by atoms with Crippen molar-refractivity contribution >= 4 is 11.1 Å². The molecule has 0 bridgehead atoms. The van der Waals surface area contributed by atoms with Crippen molar-refractivity contribution in [2.45, 2.75) is 36.7 Å². The lowest BCUT2D eigenvalue weighted by molar-refractivity contribution is -0.291. The van der Waals surface area contributed by atoms with Crippen LogP contribution in [0.2, 0.25) is 0 Å². The van der Waals surface area contributed by atoms with Gasteiger partial charge in [0.2, 0.25) is 11.1 Å². The van der Waals surface area contributed by atoms with Crippen LogP contribution < -0.4 is 0 Å². The van der Waals surface area contributed by atoms with Crippen LogP contribution in [-0.4, -0.2) is 47.1 Å². The summed E-state index contributed by atoms with van der Waals surface area (Å²) in [5.41, 5.74) is 12.0. The van der Waals surface area contributed by atoms with Gasteiger partial charge in [0.05, 0.1) is 18.0 Å². The molecule has 0 aliphatic carbocycles. The molecule has 1 fully saturated rings. The molecule has 10 heteroatoms. The second kappa shape index (κ2) is 11.8. The number of piperidine rings is 1. The molecule has 0 saturated carbocycles. The van der Waals surface area contributed by atoms with E-state index in [0.717, 1.165) is 11.1 Å². The van der Waals surface area contributed by atoms with Crippen LogP contribution in [0.4, 0.5) is 0 Å². The molecule has 30 heavy (non-hydrogen) atoms. The monoisotopic (exact) mass is 434 g/mol. The lowest BCUT2D eigenvalue weighted by atomic mass is 10.0. The van der Waals surface area contributed by atoms with E-state index in [0.29, 0.717) is 24.3 Å². The Kier molecular flexibility index (Phi) is 9.41. The van der Waals surface area contributed by atoms with E-state index < -0.39 is 11.1 Å². The molecule has 2 N–H and O–H groups in total. The van der Waals surface area contributed by atoms with E-state index in [2.05, 4.69) is 39.2 Å². The second-order valence-corrected chi connectivity index (χ2v) is 7.92. The maximum Gasteiger partial charge on any atom is 0.206 e. The zero-order chi connectivity index (χ0) is 20.6. The summed E-state index contributed by atoms with van der Waals surface area (Å²) in [6.45, 7) is 2.75. The molecule has 0 radical (unpaired) electrons. The molecule has 0 spiro atoms. The molecule has 3 unspecified atom stereocenters. The molecule has 2 aromatic carbocycles. The molecule has 3 atom stereocenters. The lowest BCUT2D eigenvalue weighted by Crippen LogP contribution is -2.46. The first kappa shape index (κ1) is 24.0. The van der Waals surface area contributed by atoms with E-state index in [1.165, 1.54) is 12.7 Å². The highest BCUT2D eigenvalue weighted by Gasteiger charge is 2.31. The fraction of sp³-hybridized carbons (Fsp3) is 0.400. The predicted molar refractivity (Wildman–Crippen MR) is 113 cm³/mol. The standard InChI is InChI=1S/C20H24N4O4S.H2O/c1-15-3-5-16(6-4-15)17-7-9-20(10-8-17)29(25)28-24-12-11-18(22-23-21)13-19(24)14-27-26-2;/h3-10,18-19H,11-14H2,1-2H3;1H2. The molecule has 2 aromatic rings. The third-order valence-corrected chi connectivity index (χ3v) is 5.81. The summed E-state index contributed by atoms with van der Waals surface area (Å²) in [7, 11) is 1.42. The van der Waals surface area contributed by atoms with Gasteiger partial charge in [-0.2, -0.15) is 9.35 Å². The van der Waals surface area contributed by atoms with E-state index in [1.54, 1.807) is 17.2 Å². The Morgan fingerprint density at radius 3 is 2.40 bits per heavy atom. The molecule has 0 aromatic heterocycles. The number of benzene rings is 2. The predicted octanol–water partition coefficient (Wildman–Crippen LogP) is 3.51. The summed E-state index contributed by atoms with van der Waals surface area (Å²) >= 11 is -1.66. The molecule has 3 rings (SSSR count). The highest BCUT2D eigenvalue weighted by atomic mass is 32.2. The first-order valence-electron chi connectivity index (χ1n) is 9.34. The summed E-state index contributed by atoms with van der Waals surface area (Å²) in [5, 5.41) is 5.42. The number of rotatable bonds is 8. The largest absolute Gasteiger partial charge is 0.412 e. The fourth-order valence-electron chi connectivity index (χ4n) is 3.22. The molecule has 0 amide bonds. The summed E-state index contributed by atoms with van der Waals surface area (Å²) in [4.78, 5) is 13.2. The van der Waals surface area contributed by atoms with Gasteiger partial charge in [0.1, 0.15) is 6.61 Å². The van der Waals surface area contributed by atoms with Gasteiger partial charge in [-0.25, -0.2) is 14.0 Å². The lowest BCUT2D eigenvalue weighted by Gasteiger charge is -2.35. The van der Waals surface area contributed by atoms with Crippen LogP contribution in [0, 0.1) is 6.92 Å². The number of hydrogen-bond acceptors (Lipinski definition) is 6. The Bertz CT molecular complexity index is 872. The van der Waals surface area contributed by atoms with E-state index in [-0.39, 0.29) is 24.2 Å². The van der Waals surface area contributed by atoms with Crippen molar-refractivity contribution < 1.29 is 23.7 Å². The van der Waals surface area contributed by atoms with Crippen LogP contribution in [0.1, 0.15) is 18.4 Å². The highest BCUT2D eigenvalue weighted by molar-refractivity contribution is 7.80. The van der Waals surface area contributed by atoms with Gasteiger partial charge in [-0.3, -0.25) is 0 Å². The van der Waals surface area contributed by atoms with E-state index in [4.69, 9.17) is 14.7 Å². The van der Waals surface area contributed by atoms with Crippen LogP contribution in [0.15, 0.2) is 58.5 Å². The first-order chi connectivity index (χ1) is 14.1. The topological polar surface area (TPSA) is 128 Å². The Labute approximate surface area is 178 Å². The van der Waals surface area contributed by atoms with E-state index in [1.807, 2.05) is 19.1 Å². The van der Waals surface area contributed by atoms with Gasteiger partial charge >= 0.3 is 0 Å². The van der Waals surface area contributed by atoms with Crippen molar-refractivity contribution in [1.29, 1.82) is 0 Å². The minimum absolute atomic E-state index is 0. The molecule has 162 valence electrons. The molecule has 1 aliphatic rings. The molecule has 1 saturated heterocycles. The minimum Gasteiger partial charge on any atom is -0.412 e. The van der Waals surface area contributed by atoms with Crippen LogP contribution in [0.5, 0.6) is 0 Å². The van der Waals surface area contributed by atoms with Crippen molar-refractivity contribution in [3.63, 3.8) is 0 Å². The quantitative estimate of drug-likeness (QED) is 0.206. The van der Waals surface area contributed by atoms with Gasteiger partial charge < -0.3 is 5.48 Å². The summed E-state index contributed by atoms with van der Waals surface area (Å²) in [6.07, 6.45) is 1.16. The average Bonchev–Trinajstić information content (AvgIpc) is 2.74. The van der Waals surface area contributed by atoms with Gasteiger partial charge in [-0.05, 0) is 48.6 Å². The van der Waals surface area contributed by atoms with E-state index >= 15 is 0 Å². The highest BCUT2D eigenvalue weighted by Crippen LogP contribution is 2.25. The minimum atomic E-state index is -1.66. The van der Waals surface area contributed by atoms with Crippen LogP contribution in [0.3, 0.4) is 0 Å². The second-order valence-electron chi connectivity index (χ2n) is 6.83. The first-order valence-corrected chi connectivity index (χ1v) is 10.4. The molecular weight excluding hydrogens is 408 g/mol. The number of nitrogens with zero attached hydrogens (tertiary/aromatic N) is 4. The summed E-state index contributed by atoms with van der Waals surface area (Å²) < 4.78 is 18.4. The Morgan fingerprint density at radius 1 is 1.17 bits per heavy atom. The van der Waals surface area contributed by atoms with Crippen LogP contribution in [0.25, 0.3) is 21.6 Å². The van der Waals surface area contributed by atoms with Crippen LogP contribution in [-0.2, 0) is 25.1 Å². The molecule has 9 nitrogen and oxygen atoms in total. The zero-order valence-corrected chi connectivity index (χ0v) is 17.7. The summed E-state index contributed by atoms with van der Waals surface area (Å²) in [5.74, 6) is 0. The smallest absolute Gasteiger partial charge is 0.206 e. The van der Waals surface area contributed by atoms with Crippen molar-refractivity contribution in [2.24, 2.45) is 5.11 Å². The fourth-order valence-corrected chi connectivity index (χ4v) is 4.03. The SMILES string of the molecule is COOCC1CC(N=[N+]=[N-])CCN1OS(=O)c1ccc(-c2ccc(C)cc2)cc1.O. The third-order valence-electron chi connectivity index (χ3n) is 4.82. The number of aryl methyl sites for hydroxylation is 1. The maximum atomic E-state index is 12.7. The summed E-state index contributed by atoms with van der Waals surface area (Å²) in [6, 6.07) is 15.3. The normalized spacial score (nSPS) is 20.1. The van der Waals surface area contributed by atoms with Gasteiger partial charge in [-0.15, -0.1) is 0 Å². The maximum absolute atomic E-state index is 12.7. The molecular formula is C20H26N4O5S. The van der Waals surface area contributed by atoms with Gasteiger partial charge in [0.15, 0.2) is 0 Å². The number of azide groups is 1. The molecule has 1 heterocycles.